The summed E-state index contributed by atoms with van der Waals surface area (Å²) >= 11 is 0. The Labute approximate surface area is 83.6 Å². The lowest BCUT2D eigenvalue weighted by atomic mass is 10.2. The summed E-state index contributed by atoms with van der Waals surface area (Å²) in [6, 6.07) is -0.336. The monoisotopic (exact) mass is 200 g/mol. The van der Waals surface area contributed by atoms with Crippen molar-refractivity contribution in [3.63, 3.8) is 0 Å². The van der Waals surface area contributed by atoms with Crippen molar-refractivity contribution < 1.29 is 14.4 Å². The van der Waals surface area contributed by atoms with Gasteiger partial charge in [0.05, 0.1) is 7.11 Å². The van der Waals surface area contributed by atoms with Gasteiger partial charge in [-0.2, -0.15) is 0 Å². The Kier molecular flexibility index (Phi) is 3.46. The zero-order chi connectivity index (χ0) is 10.7. The third-order valence-corrected chi connectivity index (χ3v) is 2.53. The maximum Gasteiger partial charge on any atom is 0.268 e. The molecule has 1 atom stereocenters. The number of hydroxylamine groups is 2. The van der Waals surface area contributed by atoms with E-state index in [4.69, 9.17) is 4.84 Å². The summed E-state index contributed by atoms with van der Waals surface area (Å²) in [6.07, 6.45) is 1.61. The minimum Gasteiger partial charge on any atom is -0.331 e. The fraction of sp³-hybridized carbons (Fsp3) is 0.778. The van der Waals surface area contributed by atoms with Gasteiger partial charge < -0.3 is 4.90 Å². The van der Waals surface area contributed by atoms with Gasteiger partial charge in [0.2, 0.25) is 5.91 Å². The number of hydrogen-bond donors (Lipinski definition) is 0. The molecule has 1 saturated heterocycles. The van der Waals surface area contributed by atoms with Crippen molar-refractivity contribution in [2.75, 3.05) is 20.7 Å². The number of nitrogens with zero attached hydrogens (tertiary/aromatic N) is 2. The van der Waals surface area contributed by atoms with Crippen LogP contribution in [-0.4, -0.2) is 48.5 Å². The first-order chi connectivity index (χ1) is 6.57. The highest BCUT2D eigenvalue weighted by atomic mass is 16.7. The normalized spacial score (nSPS) is 21.1. The predicted molar refractivity (Wildman–Crippen MR) is 50.2 cm³/mol. The van der Waals surface area contributed by atoms with Gasteiger partial charge in [0.25, 0.3) is 5.91 Å². The van der Waals surface area contributed by atoms with Crippen LogP contribution >= 0.6 is 0 Å². The van der Waals surface area contributed by atoms with E-state index in [1.807, 2.05) is 0 Å². The summed E-state index contributed by atoms with van der Waals surface area (Å²) in [4.78, 5) is 29.3. The van der Waals surface area contributed by atoms with Crippen molar-refractivity contribution in [3.05, 3.63) is 0 Å². The molecule has 1 aliphatic rings. The van der Waals surface area contributed by atoms with Crippen LogP contribution in [0.5, 0.6) is 0 Å². The van der Waals surface area contributed by atoms with Crippen molar-refractivity contribution >= 4 is 11.8 Å². The molecule has 0 saturated carbocycles. The van der Waals surface area contributed by atoms with Crippen LogP contribution in [0, 0.1) is 0 Å². The van der Waals surface area contributed by atoms with E-state index in [1.165, 1.54) is 19.1 Å². The topological polar surface area (TPSA) is 49.9 Å². The van der Waals surface area contributed by atoms with Gasteiger partial charge in [0.15, 0.2) is 0 Å². The molecular weight excluding hydrogens is 184 g/mol. The van der Waals surface area contributed by atoms with Crippen molar-refractivity contribution in [1.29, 1.82) is 0 Å². The minimum atomic E-state index is -0.336. The first-order valence-corrected chi connectivity index (χ1v) is 4.66. The number of carbonyl (C=O) groups excluding carboxylic acids is 2. The quantitative estimate of drug-likeness (QED) is 0.590. The van der Waals surface area contributed by atoms with E-state index >= 15 is 0 Å². The molecule has 0 aromatic heterocycles. The maximum atomic E-state index is 11.7. The van der Waals surface area contributed by atoms with Crippen LogP contribution in [0.4, 0.5) is 0 Å². The SMILES string of the molecule is CON(C)C(=O)C1CCCN1C(C)=O. The second-order valence-electron chi connectivity index (χ2n) is 3.39. The molecule has 0 radical (unpaired) electrons. The highest BCUT2D eigenvalue weighted by Crippen LogP contribution is 2.18. The fourth-order valence-corrected chi connectivity index (χ4v) is 1.70. The van der Waals surface area contributed by atoms with Gasteiger partial charge in [-0.1, -0.05) is 0 Å². The van der Waals surface area contributed by atoms with Crippen molar-refractivity contribution in [2.45, 2.75) is 25.8 Å². The highest BCUT2D eigenvalue weighted by Gasteiger charge is 2.34. The fourth-order valence-electron chi connectivity index (χ4n) is 1.70. The summed E-state index contributed by atoms with van der Waals surface area (Å²) in [5.41, 5.74) is 0. The van der Waals surface area contributed by atoms with Crippen LogP contribution in [0.15, 0.2) is 0 Å². The second kappa shape index (κ2) is 4.41. The smallest absolute Gasteiger partial charge is 0.268 e. The van der Waals surface area contributed by atoms with Gasteiger partial charge in [-0.3, -0.25) is 14.4 Å². The summed E-state index contributed by atoms with van der Waals surface area (Å²) in [5.74, 6) is -0.203. The van der Waals surface area contributed by atoms with E-state index in [9.17, 15) is 9.59 Å². The Bertz CT molecular complexity index is 242. The Morgan fingerprint density at radius 1 is 1.50 bits per heavy atom. The third kappa shape index (κ3) is 2.04. The molecule has 5 nitrogen and oxygen atoms in total. The predicted octanol–water partition coefficient (Wildman–Crippen LogP) is 0.0171. The zero-order valence-corrected chi connectivity index (χ0v) is 8.82. The number of likely N-dealkylation sites (N-methyl/N-ethyl adjacent to an activating group) is 1. The lowest BCUT2D eigenvalue weighted by Gasteiger charge is -2.25. The van der Waals surface area contributed by atoms with E-state index < -0.39 is 0 Å². The number of hydrogen-bond acceptors (Lipinski definition) is 3. The standard InChI is InChI=1S/C9H16N2O3/c1-7(12)11-6-4-5-8(11)9(13)10(2)14-3/h8H,4-6H2,1-3H3. The Morgan fingerprint density at radius 2 is 2.14 bits per heavy atom. The molecule has 2 amide bonds. The summed E-state index contributed by atoms with van der Waals surface area (Å²) in [7, 11) is 2.99. The first kappa shape index (κ1) is 11.0. The Balaban J connectivity index is 2.67. The molecule has 0 N–H and O–H groups in total. The van der Waals surface area contributed by atoms with Crippen LogP contribution in [0.25, 0.3) is 0 Å². The molecule has 0 aromatic carbocycles. The molecule has 5 heteroatoms. The molecule has 0 bridgehead atoms. The molecule has 0 aliphatic carbocycles. The molecular formula is C9H16N2O3. The van der Waals surface area contributed by atoms with Gasteiger partial charge >= 0.3 is 0 Å². The van der Waals surface area contributed by atoms with Gasteiger partial charge in [-0.25, -0.2) is 5.06 Å². The lowest BCUT2D eigenvalue weighted by Crippen LogP contribution is -2.45. The summed E-state index contributed by atoms with van der Waals surface area (Å²) < 4.78 is 0. The van der Waals surface area contributed by atoms with Gasteiger partial charge in [-0.05, 0) is 12.8 Å². The maximum absolute atomic E-state index is 11.7. The van der Waals surface area contributed by atoms with Crippen LogP contribution in [0.3, 0.4) is 0 Å². The van der Waals surface area contributed by atoms with E-state index in [0.29, 0.717) is 6.54 Å². The van der Waals surface area contributed by atoms with Gasteiger partial charge in [0, 0.05) is 20.5 Å². The highest BCUT2D eigenvalue weighted by molar-refractivity contribution is 5.86. The van der Waals surface area contributed by atoms with E-state index in [-0.39, 0.29) is 17.9 Å². The molecule has 1 aliphatic heterocycles. The summed E-state index contributed by atoms with van der Waals surface area (Å²) in [5, 5.41) is 1.17. The minimum absolute atomic E-state index is 0.0506. The number of carbonyl (C=O) groups is 2. The molecule has 1 heterocycles. The first-order valence-electron chi connectivity index (χ1n) is 4.66. The molecule has 1 unspecified atom stereocenters. The average molecular weight is 200 g/mol. The summed E-state index contributed by atoms with van der Waals surface area (Å²) in [6.45, 7) is 2.15. The van der Waals surface area contributed by atoms with Crippen molar-refractivity contribution in [1.82, 2.24) is 9.96 Å². The van der Waals surface area contributed by atoms with Crippen molar-refractivity contribution in [3.8, 4) is 0 Å². The van der Waals surface area contributed by atoms with Crippen LogP contribution in [0.1, 0.15) is 19.8 Å². The molecule has 0 spiro atoms. The Morgan fingerprint density at radius 3 is 2.64 bits per heavy atom. The molecule has 14 heavy (non-hydrogen) atoms. The van der Waals surface area contributed by atoms with Crippen LogP contribution in [-0.2, 0) is 14.4 Å². The van der Waals surface area contributed by atoms with Crippen LogP contribution < -0.4 is 0 Å². The largest absolute Gasteiger partial charge is 0.331 e. The molecule has 1 rings (SSSR count). The molecule has 80 valence electrons. The van der Waals surface area contributed by atoms with E-state index in [1.54, 1.807) is 11.9 Å². The third-order valence-electron chi connectivity index (χ3n) is 2.53. The van der Waals surface area contributed by atoms with Crippen LogP contribution in [0.2, 0.25) is 0 Å². The van der Waals surface area contributed by atoms with Gasteiger partial charge in [-0.15, -0.1) is 0 Å². The van der Waals surface area contributed by atoms with E-state index in [0.717, 1.165) is 12.8 Å². The lowest BCUT2D eigenvalue weighted by molar-refractivity contribution is -0.174. The molecule has 0 aromatic rings. The van der Waals surface area contributed by atoms with Gasteiger partial charge in [0.1, 0.15) is 6.04 Å². The second-order valence-corrected chi connectivity index (χ2v) is 3.39. The van der Waals surface area contributed by atoms with Crippen molar-refractivity contribution in [2.24, 2.45) is 0 Å². The average Bonchev–Trinajstić information content (AvgIpc) is 2.63. The Hall–Kier alpha value is -1.10. The number of likely N-dealkylation sites (tertiary alicyclic amines) is 1. The number of amides is 2. The molecule has 1 fully saturated rings. The van der Waals surface area contributed by atoms with E-state index in [2.05, 4.69) is 0 Å². The number of rotatable bonds is 2. The zero-order valence-electron chi connectivity index (χ0n) is 8.82.